The molecule has 4 heterocycles. The van der Waals surface area contributed by atoms with Gasteiger partial charge in [-0.3, -0.25) is 9.59 Å². The number of aromatic nitrogens is 2. The Morgan fingerprint density at radius 2 is 1.74 bits per heavy atom. The molecule has 12 heteroatoms. The molecule has 0 bridgehead atoms. The van der Waals surface area contributed by atoms with Gasteiger partial charge in [-0.05, 0) is 35.7 Å². The van der Waals surface area contributed by atoms with Gasteiger partial charge in [0.1, 0.15) is 9.77 Å². The van der Waals surface area contributed by atoms with Crippen LogP contribution in [0.15, 0.2) is 69.9 Å². The summed E-state index contributed by atoms with van der Waals surface area (Å²) in [6.07, 6.45) is 2.63. The molecule has 3 aromatic heterocycles. The SMILES string of the molecule is O=C(c1ccc(-c2cc[n+]([O-])cc2)[nH]c1=O)N1CCN(S(=O)(=O)c2cc3ccc(Cl)cc3s2)CC1. The van der Waals surface area contributed by atoms with E-state index in [1.165, 1.54) is 27.7 Å². The molecule has 1 aromatic carbocycles. The third-order valence-electron chi connectivity index (χ3n) is 5.83. The van der Waals surface area contributed by atoms with Crippen molar-refractivity contribution in [1.29, 1.82) is 0 Å². The van der Waals surface area contributed by atoms with Gasteiger partial charge < -0.3 is 15.1 Å². The van der Waals surface area contributed by atoms with Crippen molar-refractivity contribution in [3.63, 3.8) is 0 Å². The predicted octanol–water partition coefficient (Wildman–Crippen LogP) is 2.69. The summed E-state index contributed by atoms with van der Waals surface area (Å²) in [5.41, 5.74) is 0.537. The van der Waals surface area contributed by atoms with Crippen LogP contribution in [0.1, 0.15) is 10.4 Å². The number of carbonyl (C=O) groups excluding carboxylic acids is 1. The summed E-state index contributed by atoms with van der Waals surface area (Å²) in [6, 6.07) is 13.0. The van der Waals surface area contributed by atoms with Crippen LogP contribution < -0.4 is 10.3 Å². The molecule has 1 aliphatic rings. The number of pyridine rings is 2. The van der Waals surface area contributed by atoms with Crippen molar-refractivity contribution >= 4 is 49.0 Å². The number of nitrogens with zero attached hydrogens (tertiary/aromatic N) is 3. The standard InChI is InChI=1S/C23H19ClN4O5S2/c24-17-2-1-16-13-21(34-20(16)14-17)35(32,33)28-11-9-26(10-12-28)23(30)18-3-4-19(25-22(18)29)15-5-7-27(31)8-6-15/h1-8,13-14H,9-12H2,(H,25,29). The number of fused-ring (bicyclic) bond motifs is 1. The first kappa shape index (κ1) is 23.5. The zero-order chi connectivity index (χ0) is 24.7. The molecule has 4 aromatic rings. The average molecular weight is 531 g/mol. The van der Waals surface area contributed by atoms with Gasteiger partial charge in [0, 0.05) is 59.3 Å². The minimum Gasteiger partial charge on any atom is -0.619 e. The second-order valence-corrected chi connectivity index (χ2v) is 11.7. The molecular formula is C23H19ClN4O5S2. The van der Waals surface area contributed by atoms with Crippen LogP contribution in [-0.2, 0) is 10.0 Å². The monoisotopic (exact) mass is 530 g/mol. The van der Waals surface area contributed by atoms with E-state index in [4.69, 9.17) is 11.6 Å². The van der Waals surface area contributed by atoms with E-state index in [2.05, 4.69) is 4.98 Å². The first-order chi connectivity index (χ1) is 16.7. The third kappa shape index (κ3) is 4.55. The number of hydrogen-bond acceptors (Lipinski definition) is 6. The van der Waals surface area contributed by atoms with E-state index in [1.54, 1.807) is 42.5 Å². The molecule has 1 aliphatic heterocycles. The van der Waals surface area contributed by atoms with Gasteiger partial charge >= 0.3 is 0 Å². The van der Waals surface area contributed by atoms with Gasteiger partial charge in [0.2, 0.25) is 0 Å². The number of aromatic amines is 1. The molecule has 35 heavy (non-hydrogen) atoms. The van der Waals surface area contributed by atoms with Crippen molar-refractivity contribution in [2.45, 2.75) is 4.21 Å². The fourth-order valence-corrected chi connectivity index (χ4v) is 7.19. The van der Waals surface area contributed by atoms with Crippen LogP contribution in [0.4, 0.5) is 0 Å². The van der Waals surface area contributed by atoms with Crippen molar-refractivity contribution in [1.82, 2.24) is 14.2 Å². The molecule has 1 fully saturated rings. The van der Waals surface area contributed by atoms with Gasteiger partial charge in [-0.1, -0.05) is 17.7 Å². The number of halogens is 1. The maximum Gasteiger partial charge on any atom is 0.261 e. The van der Waals surface area contributed by atoms with Crippen molar-refractivity contribution in [3.8, 4) is 11.3 Å². The van der Waals surface area contributed by atoms with Gasteiger partial charge in [0.25, 0.3) is 21.5 Å². The molecule has 0 atom stereocenters. The maximum absolute atomic E-state index is 13.2. The highest BCUT2D eigenvalue weighted by Gasteiger charge is 2.32. The van der Waals surface area contributed by atoms with E-state index in [1.807, 2.05) is 0 Å². The Kier molecular flexibility index (Phi) is 6.09. The Balaban J connectivity index is 1.29. The fraction of sp³-hybridized carbons (Fsp3) is 0.174. The van der Waals surface area contributed by atoms with Gasteiger partial charge in [-0.25, -0.2) is 8.42 Å². The molecular weight excluding hydrogens is 512 g/mol. The topological polar surface area (TPSA) is 117 Å². The van der Waals surface area contributed by atoms with Crippen LogP contribution in [0.3, 0.4) is 0 Å². The number of piperazine rings is 1. The Hall–Kier alpha value is -3.25. The Morgan fingerprint density at radius 3 is 2.43 bits per heavy atom. The number of H-pyrrole nitrogens is 1. The Labute approximate surface area is 209 Å². The van der Waals surface area contributed by atoms with Crippen molar-refractivity contribution in [2.75, 3.05) is 26.2 Å². The van der Waals surface area contributed by atoms with E-state index in [0.29, 0.717) is 21.0 Å². The van der Waals surface area contributed by atoms with E-state index < -0.39 is 21.5 Å². The number of sulfonamides is 1. The van der Waals surface area contributed by atoms with Crippen LogP contribution in [0, 0.1) is 5.21 Å². The highest BCUT2D eigenvalue weighted by Crippen LogP contribution is 2.33. The van der Waals surface area contributed by atoms with E-state index >= 15 is 0 Å². The predicted molar refractivity (Wildman–Crippen MR) is 133 cm³/mol. The minimum atomic E-state index is -3.72. The molecule has 0 saturated carbocycles. The lowest BCUT2D eigenvalue weighted by atomic mass is 10.1. The summed E-state index contributed by atoms with van der Waals surface area (Å²) in [7, 11) is -3.72. The largest absolute Gasteiger partial charge is 0.619 e. The Bertz CT molecular complexity index is 1590. The smallest absolute Gasteiger partial charge is 0.261 e. The first-order valence-electron chi connectivity index (χ1n) is 10.6. The quantitative estimate of drug-likeness (QED) is 0.321. The summed E-state index contributed by atoms with van der Waals surface area (Å²) in [5, 5.41) is 12.5. The molecule has 180 valence electrons. The zero-order valence-electron chi connectivity index (χ0n) is 18.2. The molecule has 1 amide bonds. The molecule has 0 aliphatic carbocycles. The number of rotatable bonds is 4. The van der Waals surface area contributed by atoms with E-state index in [9.17, 15) is 23.2 Å². The number of thiophene rings is 1. The van der Waals surface area contributed by atoms with Crippen molar-refractivity contribution in [3.05, 3.63) is 87.1 Å². The van der Waals surface area contributed by atoms with Gasteiger partial charge in [0.05, 0.1) is 0 Å². The second kappa shape index (κ2) is 9.08. The maximum atomic E-state index is 13.2. The molecule has 0 spiro atoms. The lowest BCUT2D eigenvalue weighted by Gasteiger charge is -2.33. The zero-order valence-corrected chi connectivity index (χ0v) is 20.6. The lowest BCUT2D eigenvalue weighted by Crippen LogP contribution is -2.51. The molecule has 0 radical (unpaired) electrons. The van der Waals surface area contributed by atoms with Crippen LogP contribution in [-0.4, -0.2) is 54.7 Å². The Morgan fingerprint density at radius 1 is 1.03 bits per heavy atom. The third-order valence-corrected chi connectivity index (χ3v) is 9.51. The number of carbonyl (C=O) groups is 1. The summed E-state index contributed by atoms with van der Waals surface area (Å²) in [5.74, 6) is -0.461. The second-order valence-electron chi connectivity index (χ2n) is 8.01. The van der Waals surface area contributed by atoms with Gasteiger partial charge in [0.15, 0.2) is 12.4 Å². The minimum absolute atomic E-state index is 0.0266. The molecule has 1 saturated heterocycles. The number of benzene rings is 1. The lowest BCUT2D eigenvalue weighted by molar-refractivity contribution is -0.605. The molecule has 5 rings (SSSR count). The highest BCUT2D eigenvalue weighted by atomic mass is 35.5. The summed E-state index contributed by atoms with van der Waals surface area (Å²) < 4.78 is 29.3. The van der Waals surface area contributed by atoms with E-state index in [-0.39, 0.29) is 36.0 Å². The van der Waals surface area contributed by atoms with Gasteiger partial charge in [-0.15, -0.1) is 11.3 Å². The van der Waals surface area contributed by atoms with Crippen molar-refractivity contribution in [2.24, 2.45) is 0 Å². The molecule has 9 nitrogen and oxygen atoms in total. The number of amides is 1. The van der Waals surface area contributed by atoms with Crippen LogP contribution in [0.2, 0.25) is 5.02 Å². The van der Waals surface area contributed by atoms with Crippen molar-refractivity contribution < 1.29 is 17.9 Å². The fourth-order valence-electron chi connectivity index (χ4n) is 3.94. The van der Waals surface area contributed by atoms with Crippen LogP contribution in [0.5, 0.6) is 0 Å². The summed E-state index contributed by atoms with van der Waals surface area (Å²) in [4.78, 5) is 29.7. The first-order valence-corrected chi connectivity index (χ1v) is 13.3. The summed E-state index contributed by atoms with van der Waals surface area (Å²) >= 11 is 7.18. The van der Waals surface area contributed by atoms with Crippen LogP contribution in [0.25, 0.3) is 21.3 Å². The number of nitrogens with one attached hydrogen (secondary N) is 1. The summed E-state index contributed by atoms with van der Waals surface area (Å²) in [6.45, 7) is 0.576. The average Bonchev–Trinajstić information content (AvgIpc) is 3.28. The van der Waals surface area contributed by atoms with Gasteiger partial charge in [-0.2, -0.15) is 9.04 Å². The normalized spacial score (nSPS) is 14.9. The highest BCUT2D eigenvalue weighted by molar-refractivity contribution is 7.91. The van der Waals surface area contributed by atoms with Crippen LogP contribution >= 0.6 is 22.9 Å². The molecule has 1 N–H and O–H groups in total. The van der Waals surface area contributed by atoms with E-state index in [0.717, 1.165) is 21.4 Å². The number of hydrogen-bond donors (Lipinski definition) is 1. The molecule has 0 unspecified atom stereocenters.